The number of nitrogens with two attached hydrogens (primary N) is 2. The van der Waals surface area contributed by atoms with Crippen molar-refractivity contribution in [2.75, 3.05) is 20.3 Å². The summed E-state index contributed by atoms with van der Waals surface area (Å²) < 4.78 is 87.4. The predicted octanol–water partition coefficient (Wildman–Crippen LogP) is 3.58. The first-order valence-electron chi connectivity index (χ1n) is 11.6. The van der Waals surface area contributed by atoms with E-state index in [9.17, 15) is 45.5 Å². The Labute approximate surface area is 218 Å². The van der Waals surface area contributed by atoms with Crippen LogP contribution in [0.2, 0.25) is 0 Å². The fourth-order valence-electron chi connectivity index (χ4n) is 4.62. The largest absolute Gasteiger partial charge is 0.411 e. The highest BCUT2D eigenvalue weighted by Gasteiger charge is 2.73. The fourth-order valence-corrected chi connectivity index (χ4v) is 4.62. The van der Waals surface area contributed by atoms with Gasteiger partial charge in [-0.2, -0.15) is 26.3 Å². The summed E-state index contributed by atoms with van der Waals surface area (Å²) in [6.07, 6.45) is -11.0. The number of alkyl halides is 6. The maximum atomic E-state index is 14.6. The molecule has 0 saturated carbocycles. The van der Waals surface area contributed by atoms with E-state index < -0.39 is 63.7 Å². The summed E-state index contributed by atoms with van der Waals surface area (Å²) in [7, 11) is 1.05. The summed E-state index contributed by atoms with van der Waals surface area (Å²) in [5.74, 6) is -3.69. The number of halogens is 6. The summed E-state index contributed by atoms with van der Waals surface area (Å²) in [6.45, 7) is 2.00. The third kappa shape index (κ3) is 4.56. The number of amides is 4. The highest BCUT2D eigenvalue weighted by molar-refractivity contribution is 6.22. The van der Waals surface area contributed by atoms with Crippen LogP contribution in [0.5, 0.6) is 0 Å². The Morgan fingerprint density at radius 3 is 1.51 bits per heavy atom. The molecular weight excluding hydrogens is 534 g/mol. The van der Waals surface area contributed by atoms with Crippen molar-refractivity contribution in [2.24, 2.45) is 11.5 Å². The number of benzene rings is 2. The number of carbonyl (C=O) groups excluding carboxylic acids is 4. The van der Waals surface area contributed by atoms with Crippen LogP contribution in [0.4, 0.5) is 26.3 Å². The van der Waals surface area contributed by atoms with E-state index in [0.717, 1.165) is 24.1 Å². The normalized spacial score (nSPS) is 15.4. The molecule has 0 radical (unpaired) electrons. The van der Waals surface area contributed by atoms with Gasteiger partial charge >= 0.3 is 12.4 Å². The maximum Gasteiger partial charge on any atom is 0.411 e. The molecular formula is C25H24F6N4O4. The van der Waals surface area contributed by atoms with Crippen LogP contribution in [0.25, 0.3) is 0 Å². The minimum Gasteiger partial charge on any atom is -0.319 e. The zero-order valence-corrected chi connectivity index (χ0v) is 20.7. The SMILES string of the molecule is CCCCN1C(=O)c2ccc(C(c3ccc4c(c3)C(=O)N(C)C4=O)(C(F)(F)F)C(F)(F)F)cc2C1=O.NCN. The molecule has 0 unspecified atom stereocenters. The van der Waals surface area contributed by atoms with Gasteiger partial charge in [-0.3, -0.25) is 29.0 Å². The van der Waals surface area contributed by atoms with Crippen LogP contribution < -0.4 is 11.5 Å². The van der Waals surface area contributed by atoms with E-state index in [4.69, 9.17) is 0 Å². The fraction of sp³-hybridized carbons (Fsp3) is 0.360. The minimum absolute atomic E-state index is 0.0314. The number of hydrogen-bond acceptors (Lipinski definition) is 6. The van der Waals surface area contributed by atoms with Crippen LogP contribution in [0.3, 0.4) is 0 Å². The number of fused-ring (bicyclic) bond motifs is 2. The molecule has 4 N–H and O–H groups in total. The molecule has 4 rings (SSSR count). The van der Waals surface area contributed by atoms with E-state index in [1.165, 1.54) is 0 Å². The Morgan fingerprint density at radius 2 is 1.08 bits per heavy atom. The lowest BCUT2D eigenvalue weighted by atomic mass is 9.71. The van der Waals surface area contributed by atoms with Gasteiger partial charge in [0.1, 0.15) is 0 Å². The molecule has 2 aromatic rings. The Bertz CT molecular complexity index is 1320. The van der Waals surface area contributed by atoms with Gasteiger partial charge in [0.15, 0.2) is 0 Å². The zero-order chi connectivity index (χ0) is 29.5. The second-order valence-corrected chi connectivity index (χ2v) is 8.79. The van der Waals surface area contributed by atoms with Crippen LogP contribution in [0, 0.1) is 0 Å². The van der Waals surface area contributed by atoms with Crippen LogP contribution in [-0.4, -0.2) is 66.0 Å². The van der Waals surface area contributed by atoms with Crippen molar-refractivity contribution in [1.29, 1.82) is 0 Å². The Morgan fingerprint density at radius 1 is 0.692 bits per heavy atom. The van der Waals surface area contributed by atoms with Crippen molar-refractivity contribution >= 4 is 23.6 Å². The number of rotatable bonds is 5. The van der Waals surface area contributed by atoms with E-state index in [2.05, 4.69) is 11.5 Å². The first-order valence-corrected chi connectivity index (χ1v) is 11.6. The smallest absolute Gasteiger partial charge is 0.319 e. The van der Waals surface area contributed by atoms with Crippen molar-refractivity contribution in [3.05, 3.63) is 69.8 Å². The maximum absolute atomic E-state index is 14.6. The Hall–Kier alpha value is -3.78. The summed E-state index contributed by atoms with van der Waals surface area (Å²) in [4.78, 5) is 51.1. The summed E-state index contributed by atoms with van der Waals surface area (Å²) in [5.41, 5.74) is 0.103. The monoisotopic (exact) mass is 558 g/mol. The van der Waals surface area contributed by atoms with E-state index in [-0.39, 0.29) is 24.3 Å². The zero-order valence-electron chi connectivity index (χ0n) is 20.7. The number of carbonyl (C=O) groups is 4. The Kier molecular flexibility index (Phi) is 7.95. The molecule has 0 fully saturated rings. The Balaban J connectivity index is 0.00000134. The van der Waals surface area contributed by atoms with Crippen molar-refractivity contribution in [3.8, 4) is 0 Å². The number of nitrogens with zero attached hydrogens (tertiary/aromatic N) is 2. The lowest BCUT2D eigenvalue weighted by molar-refractivity contribution is -0.288. The quantitative estimate of drug-likeness (QED) is 0.328. The second kappa shape index (κ2) is 10.4. The molecule has 210 valence electrons. The molecule has 39 heavy (non-hydrogen) atoms. The second-order valence-electron chi connectivity index (χ2n) is 8.79. The molecule has 4 amide bonds. The first-order chi connectivity index (χ1) is 18.1. The molecule has 0 saturated heterocycles. The number of hydrogen-bond donors (Lipinski definition) is 2. The lowest BCUT2D eigenvalue weighted by Crippen LogP contribution is -2.55. The van der Waals surface area contributed by atoms with Crippen molar-refractivity contribution in [1.82, 2.24) is 9.80 Å². The van der Waals surface area contributed by atoms with E-state index in [1.807, 2.05) is 0 Å². The van der Waals surface area contributed by atoms with Gasteiger partial charge in [0.25, 0.3) is 23.6 Å². The number of unbranched alkanes of at least 4 members (excludes halogenated alkanes) is 1. The van der Waals surface area contributed by atoms with Crippen molar-refractivity contribution in [3.63, 3.8) is 0 Å². The summed E-state index contributed by atoms with van der Waals surface area (Å²) in [5, 5.41) is 0. The molecule has 0 spiro atoms. The third-order valence-electron chi connectivity index (χ3n) is 6.51. The van der Waals surface area contributed by atoms with Gasteiger partial charge in [-0.25, -0.2) is 0 Å². The lowest BCUT2D eigenvalue weighted by Gasteiger charge is -2.38. The molecule has 0 aromatic heterocycles. The van der Waals surface area contributed by atoms with Crippen LogP contribution >= 0.6 is 0 Å². The van der Waals surface area contributed by atoms with E-state index in [0.29, 0.717) is 42.0 Å². The van der Waals surface area contributed by atoms with Crippen molar-refractivity contribution in [2.45, 2.75) is 37.5 Å². The van der Waals surface area contributed by atoms with Gasteiger partial charge in [0, 0.05) is 20.3 Å². The van der Waals surface area contributed by atoms with Gasteiger partial charge < -0.3 is 11.5 Å². The average Bonchev–Trinajstić information content (AvgIpc) is 3.21. The van der Waals surface area contributed by atoms with Gasteiger partial charge in [-0.05, 0) is 41.8 Å². The standard InChI is InChI=1S/C24H18F6N2O4.CH6N2/c1-3-4-9-32-20(35)15-8-6-13(11-17(15)21(32)36)22(23(25,26)27,24(28,29)30)12-5-7-14-16(10-12)19(34)31(2)18(14)33;2-1-3/h5-8,10-11H,3-4,9H2,1-2H3;1-3H2. The highest BCUT2D eigenvalue weighted by Crippen LogP contribution is 2.57. The van der Waals surface area contributed by atoms with Gasteiger partial charge in [0.2, 0.25) is 5.41 Å². The molecule has 2 aliphatic heterocycles. The first kappa shape index (κ1) is 29.8. The van der Waals surface area contributed by atoms with Crippen LogP contribution in [0.1, 0.15) is 72.3 Å². The third-order valence-corrected chi connectivity index (χ3v) is 6.51. The van der Waals surface area contributed by atoms with Crippen molar-refractivity contribution < 1.29 is 45.5 Å². The van der Waals surface area contributed by atoms with Gasteiger partial charge in [0.05, 0.1) is 22.3 Å². The summed E-state index contributed by atoms with van der Waals surface area (Å²) >= 11 is 0. The topological polar surface area (TPSA) is 127 Å². The summed E-state index contributed by atoms with van der Waals surface area (Å²) in [6, 6.07) is 3.38. The van der Waals surface area contributed by atoms with E-state index in [1.54, 1.807) is 6.92 Å². The number of imide groups is 2. The van der Waals surface area contributed by atoms with Gasteiger partial charge in [-0.15, -0.1) is 0 Å². The minimum atomic E-state index is -5.99. The molecule has 0 aliphatic carbocycles. The molecule has 14 heteroatoms. The van der Waals surface area contributed by atoms with Gasteiger partial charge in [-0.1, -0.05) is 25.5 Å². The van der Waals surface area contributed by atoms with Crippen LogP contribution in [-0.2, 0) is 5.41 Å². The van der Waals surface area contributed by atoms with E-state index >= 15 is 0 Å². The highest BCUT2D eigenvalue weighted by atomic mass is 19.4. The molecule has 2 aliphatic rings. The molecule has 2 heterocycles. The molecule has 0 atom stereocenters. The average molecular weight is 558 g/mol. The predicted molar refractivity (Wildman–Crippen MR) is 126 cm³/mol. The van der Waals surface area contributed by atoms with Crippen LogP contribution in [0.15, 0.2) is 36.4 Å². The molecule has 2 aromatic carbocycles. The molecule has 8 nitrogen and oxygen atoms in total. The molecule has 0 bridgehead atoms.